The Morgan fingerprint density at radius 3 is 2.57 bits per heavy atom. The minimum atomic E-state index is -0.458. The average molecular weight is 551 g/mol. The zero-order valence-corrected chi connectivity index (χ0v) is 19.8. The lowest BCUT2D eigenvalue weighted by atomic mass is 10.1. The van der Waals surface area contributed by atoms with Gasteiger partial charge >= 0.3 is 0 Å². The highest BCUT2D eigenvalue weighted by atomic mass is 79.9. The second-order valence-corrected chi connectivity index (χ2v) is 8.36. The number of carbonyl (C=O) groups is 2. The Balaban J connectivity index is 1.49. The fourth-order valence-electron chi connectivity index (χ4n) is 2.58. The molecule has 6 nitrogen and oxygen atoms in total. The van der Waals surface area contributed by atoms with Crippen LogP contribution in [0.2, 0.25) is 0 Å². The van der Waals surface area contributed by atoms with Gasteiger partial charge in [0.2, 0.25) is 0 Å². The lowest BCUT2D eigenvalue weighted by Gasteiger charge is -2.13. The smallest absolute Gasteiger partial charge is 0.269 e. The predicted molar refractivity (Wildman–Crippen MR) is 127 cm³/mol. The van der Waals surface area contributed by atoms with Crippen LogP contribution in [-0.4, -0.2) is 23.5 Å². The first-order valence-corrected chi connectivity index (χ1v) is 10.8. The van der Waals surface area contributed by atoms with E-state index in [1.165, 1.54) is 0 Å². The van der Waals surface area contributed by atoms with Crippen molar-refractivity contribution < 1.29 is 14.3 Å². The van der Waals surface area contributed by atoms with Crippen molar-refractivity contribution in [1.82, 2.24) is 16.2 Å². The highest BCUT2D eigenvalue weighted by molar-refractivity contribution is 9.11. The lowest BCUT2D eigenvalue weighted by Crippen LogP contribution is -2.49. The molecule has 0 spiro atoms. The summed E-state index contributed by atoms with van der Waals surface area (Å²) >= 11 is 11.9. The number of halogens is 2. The molecule has 0 fully saturated rings. The number of fused-ring (bicyclic) bond motifs is 1. The summed E-state index contributed by atoms with van der Waals surface area (Å²) in [6.07, 6.45) is 0. The Bertz CT molecular complexity index is 1140. The molecular weight excluding hydrogens is 534 g/mol. The molecule has 0 saturated carbocycles. The van der Waals surface area contributed by atoms with E-state index in [2.05, 4.69) is 48.0 Å². The molecule has 0 unspecified atom stereocenters. The third-order valence-corrected chi connectivity index (χ3v) is 6.04. The van der Waals surface area contributed by atoms with Crippen LogP contribution in [0.15, 0.2) is 63.5 Å². The van der Waals surface area contributed by atoms with E-state index < -0.39 is 5.91 Å². The molecule has 30 heavy (non-hydrogen) atoms. The zero-order chi connectivity index (χ0) is 21.7. The number of hydrazine groups is 1. The summed E-state index contributed by atoms with van der Waals surface area (Å²) < 4.78 is 7.18. The number of aryl methyl sites for hydroxylation is 1. The molecule has 154 valence electrons. The summed E-state index contributed by atoms with van der Waals surface area (Å²) in [5, 5.41) is 4.45. The van der Waals surface area contributed by atoms with Gasteiger partial charge in [0, 0.05) is 10.0 Å². The van der Waals surface area contributed by atoms with Gasteiger partial charge in [-0.05, 0) is 69.6 Å². The fourth-order valence-corrected chi connectivity index (χ4v) is 3.73. The topological polar surface area (TPSA) is 79.5 Å². The number of hydrogen-bond acceptors (Lipinski definition) is 4. The minimum absolute atomic E-state index is 0.0410. The normalized spacial score (nSPS) is 10.4. The van der Waals surface area contributed by atoms with Crippen molar-refractivity contribution in [2.45, 2.75) is 6.92 Å². The number of hydrogen-bond donors (Lipinski definition) is 3. The van der Waals surface area contributed by atoms with Gasteiger partial charge in [-0.1, -0.05) is 52.3 Å². The van der Waals surface area contributed by atoms with Gasteiger partial charge in [0.1, 0.15) is 5.75 Å². The predicted octanol–water partition coefficient (Wildman–Crippen LogP) is 4.39. The monoisotopic (exact) mass is 549 g/mol. The van der Waals surface area contributed by atoms with E-state index in [1.807, 2.05) is 43.3 Å². The molecule has 0 heterocycles. The van der Waals surface area contributed by atoms with Crippen LogP contribution in [-0.2, 0) is 4.79 Å². The van der Waals surface area contributed by atoms with Gasteiger partial charge in [-0.2, -0.15) is 0 Å². The van der Waals surface area contributed by atoms with Gasteiger partial charge in [0.15, 0.2) is 11.7 Å². The molecule has 0 radical (unpaired) electrons. The molecule has 0 bridgehead atoms. The molecule has 0 aromatic heterocycles. The van der Waals surface area contributed by atoms with E-state index in [0.29, 0.717) is 11.3 Å². The van der Waals surface area contributed by atoms with Gasteiger partial charge < -0.3 is 4.74 Å². The number of rotatable bonds is 4. The molecule has 3 N–H and O–H groups in total. The van der Waals surface area contributed by atoms with Gasteiger partial charge in [-0.15, -0.1) is 0 Å². The molecule has 2 amide bonds. The van der Waals surface area contributed by atoms with Crippen molar-refractivity contribution in [3.8, 4) is 5.75 Å². The number of nitrogens with one attached hydrogen (secondary N) is 3. The summed E-state index contributed by atoms with van der Waals surface area (Å²) in [6, 6.07) is 16.7. The molecule has 3 aromatic carbocycles. The van der Waals surface area contributed by atoms with Crippen molar-refractivity contribution in [2.24, 2.45) is 0 Å². The van der Waals surface area contributed by atoms with E-state index in [9.17, 15) is 9.59 Å². The Morgan fingerprint density at radius 2 is 1.80 bits per heavy atom. The first-order chi connectivity index (χ1) is 14.3. The summed E-state index contributed by atoms with van der Waals surface area (Å²) in [7, 11) is 0. The van der Waals surface area contributed by atoms with E-state index in [1.54, 1.807) is 18.2 Å². The second kappa shape index (κ2) is 10.0. The largest absolute Gasteiger partial charge is 0.483 e. The van der Waals surface area contributed by atoms with Gasteiger partial charge in [0.25, 0.3) is 11.8 Å². The van der Waals surface area contributed by atoms with Gasteiger partial charge in [-0.25, -0.2) is 0 Å². The van der Waals surface area contributed by atoms with Crippen molar-refractivity contribution in [2.75, 3.05) is 6.61 Å². The average Bonchev–Trinajstić information content (AvgIpc) is 2.73. The van der Waals surface area contributed by atoms with Crippen LogP contribution >= 0.6 is 44.1 Å². The van der Waals surface area contributed by atoms with Crippen LogP contribution in [0.3, 0.4) is 0 Å². The number of carbonyl (C=O) groups excluding carboxylic acids is 2. The van der Waals surface area contributed by atoms with E-state index in [0.717, 1.165) is 25.3 Å². The van der Waals surface area contributed by atoms with Crippen LogP contribution in [0.25, 0.3) is 10.8 Å². The van der Waals surface area contributed by atoms with Crippen LogP contribution in [0.1, 0.15) is 15.9 Å². The van der Waals surface area contributed by atoms with Crippen LogP contribution in [0.4, 0.5) is 0 Å². The first kappa shape index (κ1) is 22.2. The van der Waals surface area contributed by atoms with Crippen molar-refractivity contribution in [3.05, 3.63) is 74.7 Å². The zero-order valence-electron chi connectivity index (χ0n) is 15.8. The standard InChI is InChI=1S/C21H17Br2N3O3S/c1-12-6-7-14(10-16(12)22)20(28)25-26-21(30)24-18(27)11-29-17-9-8-13-4-2-3-5-15(13)19(17)23/h2-10H,11H2,1H3,(H,25,28)(H2,24,26,27,30). The maximum Gasteiger partial charge on any atom is 0.269 e. The third kappa shape index (κ3) is 5.56. The van der Waals surface area contributed by atoms with E-state index in [4.69, 9.17) is 17.0 Å². The molecule has 3 aromatic rings. The van der Waals surface area contributed by atoms with Gasteiger partial charge in [-0.3, -0.25) is 25.8 Å². The summed E-state index contributed by atoms with van der Waals surface area (Å²) in [4.78, 5) is 24.3. The van der Waals surface area contributed by atoms with Crippen LogP contribution in [0.5, 0.6) is 5.75 Å². The minimum Gasteiger partial charge on any atom is -0.483 e. The third-order valence-electron chi connectivity index (χ3n) is 4.16. The Labute approximate surface area is 195 Å². The molecule has 3 rings (SSSR count). The number of thiocarbonyl (C=S) groups is 1. The molecule has 0 saturated heterocycles. The number of amides is 2. The molecular formula is C21H17Br2N3O3S. The highest BCUT2D eigenvalue weighted by Crippen LogP contribution is 2.32. The van der Waals surface area contributed by atoms with Crippen molar-refractivity contribution in [1.29, 1.82) is 0 Å². The molecule has 0 aliphatic carbocycles. The Morgan fingerprint density at radius 1 is 1.03 bits per heavy atom. The fraction of sp³-hybridized carbons (Fsp3) is 0.0952. The molecule has 0 aliphatic heterocycles. The van der Waals surface area contributed by atoms with E-state index in [-0.39, 0.29) is 17.6 Å². The Kier molecular flexibility index (Phi) is 7.41. The second-order valence-electron chi connectivity index (χ2n) is 6.31. The summed E-state index contributed by atoms with van der Waals surface area (Å²) in [6.45, 7) is 1.69. The van der Waals surface area contributed by atoms with Crippen LogP contribution < -0.4 is 20.9 Å². The number of benzene rings is 3. The lowest BCUT2D eigenvalue weighted by molar-refractivity contribution is -0.121. The quantitative estimate of drug-likeness (QED) is 0.332. The van der Waals surface area contributed by atoms with Crippen molar-refractivity contribution >= 4 is 71.8 Å². The molecule has 9 heteroatoms. The molecule has 0 aliphatic rings. The highest BCUT2D eigenvalue weighted by Gasteiger charge is 2.11. The maximum absolute atomic E-state index is 12.2. The van der Waals surface area contributed by atoms with Crippen LogP contribution in [0, 0.1) is 6.92 Å². The van der Waals surface area contributed by atoms with E-state index >= 15 is 0 Å². The maximum atomic E-state index is 12.2. The number of ether oxygens (including phenoxy) is 1. The van der Waals surface area contributed by atoms with Crippen molar-refractivity contribution in [3.63, 3.8) is 0 Å². The molecule has 0 atom stereocenters. The SMILES string of the molecule is Cc1ccc(C(=O)NNC(=S)NC(=O)COc2ccc3ccccc3c2Br)cc1Br. The summed E-state index contributed by atoms with van der Waals surface area (Å²) in [5.41, 5.74) is 6.40. The summed E-state index contributed by atoms with van der Waals surface area (Å²) in [5.74, 6) is -0.301. The first-order valence-electron chi connectivity index (χ1n) is 8.81. The van der Waals surface area contributed by atoms with Gasteiger partial charge in [0.05, 0.1) is 4.47 Å². The Hall–Kier alpha value is -2.49.